The van der Waals surface area contributed by atoms with E-state index in [0.717, 1.165) is 0 Å². The molecule has 104 valence electrons. The number of β-lactam (4-membered cyclic amide) rings is 1. The first-order valence-corrected chi connectivity index (χ1v) is 6.43. The second-order valence-corrected chi connectivity index (χ2v) is 5.10. The van der Waals surface area contributed by atoms with E-state index in [1.54, 1.807) is 0 Å². The van der Waals surface area contributed by atoms with Crippen molar-refractivity contribution in [2.45, 2.75) is 18.3 Å². The number of fused-ring (bicyclic) bond motifs is 1. The summed E-state index contributed by atoms with van der Waals surface area (Å²) in [5.41, 5.74) is 6.04. The zero-order valence-corrected chi connectivity index (χ0v) is 10.8. The van der Waals surface area contributed by atoms with E-state index < -0.39 is 24.1 Å². The van der Waals surface area contributed by atoms with Gasteiger partial charge in [0.1, 0.15) is 18.0 Å². The fourth-order valence-corrected chi connectivity index (χ4v) is 3.05. The Morgan fingerprint density at radius 3 is 2.84 bits per heavy atom. The maximum absolute atomic E-state index is 11.6. The van der Waals surface area contributed by atoms with Crippen molar-refractivity contribution < 1.29 is 29.0 Å². The van der Waals surface area contributed by atoms with Gasteiger partial charge in [-0.1, -0.05) is 0 Å². The quantitative estimate of drug-likeness (QED) is 0.536. The molecule has 0 unspecified atom stereocenters. The molecule has 0 aliphatic carbocycles. The van der Waals surface area contributed by atoms with Crippen LogP contribution in [-0.2, 0) is 19.1 Å². The summed E-state index contributed by atoms with van der Waals surface area (Å²) in [6.45, 7) is 1.12. The smallest absolute Gasteiger partial charge is 0.461 e. The van der Waals surface area contributed by atoms with Crippen LogP contribution < -0.4 is 5.73 Å². The number of carbonyl (C=O) groups is 3. The number of hydrogen-bond acceptors (Lipinski definition) is 7. The summed E-state index contributed by atoms with van der Waals surface area (Å²) < 4.78 is 9.44. The maximum atomic E-state index is 11.6. The lowest BCUT2D eigenvalue weighted by atomic mass is 10.1. The summed E-state index contributed by atoms with van der Waals surface area (Å²) in [6.07, 6.45) is -1.53. The molecule has 2 rings (SSSR count). The molecule has 19 heavy (non-hydrogen) atoms. The highest BCUT2D eigenvalue weighted by Crippen LogP contribution is 2.39. The predicted molar refractivity (Wildman–Crippen MR) is 63.8 cm³/mol. The van der Waals surface area contributed by atoms with Crippen LogP contribution in [0.25, 0.3) is 0 Å². The van der Waals surface area contributed by atoms with Crippen molar-refractivity contribution >= 4 is 29.8 Å². The Labute approximate surface area is 112 Å². The minimum absolute atomic E-state index is 0.0933. The molecular weight excluding hydrogens is 276 g/mol. The molecule has 8 nitrogen and oxygen atoms in total. The number of hydrogen-bond donors (Lipinski definition) is 2. The van der Waals surface area contributed by atoms with Crippen molar-refractivity contribution in [3.8, 4) is 0 Å². The van der Waals surface area contributed by atoms with E-state index in [2.05, 4.69) is 4.74 Å². The third kappa shape index (κ3) is 2.51. The number of thioether (sulfide) groups is 1. The monoisotopic (exact) mass is 288 g/mol. The Morgan fingerprint density at radius 1 is 1.58 bits per heavy atom. The van der Waals surface area contributed by atoms with Crippen LogP contribution in [0.4, 0.5) is 4.79 Å². The van der Waals surface area contributed by atoms with Gasteiger partial charge in [0.25, 0.3) is 0 Å². The van der Waals surface area contributed by atoms with Crippen LogP contribution in [0, 0.1) is 0 Å². The molecule has 0 aromatic rings. The molecule has 0 spiro atoms. The number of carbonyl (C=O) groups excluding carboxylic acids is 2. The Kier molecular flexibility index (Phi) is 3.67. The molecule has 0 aromatic heterocycles. The van der Waals surface area contributed by atoms with Crippen molar-refractivity contribution in [2.24, 2.45) is 5.73 Å². The van der Waals surface area contributed by atoms with Crippen molar-refractivity contribution in [1.82, 2.24) is 4.90 Å². The zero-order chi connectivity index (χ0) is 14.2. The molecule has 2 heterocycles. The van der Waals surface area contributed by atoms with E-state index in [0.29, 0.717) is 11.3 Å². The third-order valence-electron chi connectivity index (χ3n) is 2.67. The van der Waals surface area contributed by atoms with Gasteiger partial charge in [0.05, 0.1) is 0 Å². The molecule has 1 amide bonds. The Hall–Kier alpha value is -1.74. The number of ether oxygens (including phenoxy) is 2. The first kappa shape index (κ1) is 13.7. The topological polar surface area (TPSA) is 119 Å². The molecule has 0 saturated carbocycles. The lowest BCUT2D eigenvalue weighted by Gasteiger charge is -2.47. The standard InChI is InChI=1S/C10H12N2O6S/c1-4(13)17-2-5-3-19-9-6(11)7(14)12(9)8(5)18-10(15)16/h6,9H,2-3,11H2,1H3,(H,15,16)/t6-,9-/m1/s1. The molecular formula is C10H12N2O6S. The van der Waals surface area contributed by atoms with E-state index in [4.69, 9.17) is 15.6 Å². The van der Waals surface area contributed by atoms with Crippen LogP contribution in [0.3, 0.4) is 0 Å². The lowest BCUT2D eigenvalue weighted by Crippen LogP contribution is -2.68. The van der Waals surface area contributed by atoms with Gasteiger partial charge in [0, 0.05) is 18.2 Å². The van der Waals surface area contributed by atoms with Gasteiger partial charge in [0.2, 0.25) is 11.8 Å². The second kappa shape index (κ2) is 5.10. The van der Waals surface area contributed by atoms with E-state index in [1.807, 2.05) is 0 Å². The fourth-order valence-electron chi connectivity index (χ4n) is 1.79. The first-order valence-electron chi connectivity index (χ1n) is 5.38. The van der Waals surface area contributed by atoms with Gasteiger partial charge in [-0.3, -0.25) is 14.5 Å². The van der Waals surface area contributed by atoms with Crippen molar-refractivity contribution in [3.63, 3.8) is 0 Å². The fraction of sp³-hybridized carbons (Fsp3) is 0.500. The van der Waals surface area contributed by atoms with E-state index >= 15 is 0 Å². The number of nitrogens with two attached hydrogens (primary N) is 1. The number of amides is 1. The Morgan fingerprint density at radius 2 is 2.26 bits per heavy atom. The predicted octanol–water partition coefficient (Wildman–Crippen LogP) is -0.302. The van der Waals surface area contributed by atoms with Crippen LogP contribution in [0.1, 0.15) is 6.92 Å². The number of nitrogens with zero attached hydrogens (tertiary/aromatic N) is 1. The molecule has 1 fully saturated rings. The molecule has 1 saturated heterocycles. The van der Waals surface area contributed by atoms with Crippen LogP contribution in [-0.4, -0.2) is 51.8 Å². The molecule has 9 heteroatoms. The molecule has 2 aliphatic rings. The molecule has 2 aliphatic heterocycles. The van der Waals surface area contributed by atoms with Gasteiger partial charge in [-0.2, -0.15) is 0 Å². The van der Waals surface area contributed by atoms with E-state index in [-0.39, 0.29) is 17.9 Å². The highest BCUT2D eigenvalue weighted by atomic mass is 32.2. The highest BCUT2D eigenvalue weighted by Gasteiger charge is 2.51. The second-order valence-electron chi connectivity index (χ2n) is 3.99. The Bertz CT molecular complexity index is 477. The number of rotatable bonds is 3. The van der Waals surface area contributed by atoms with Gasteiger partial charge >= 0.3 is 12.1 Å². The van der Waals surface area contributed by atoms with Crippen LogP contribution in [0.15, 0.2) is 11.5 Å². The summed E-state index contributed by atoms with van der Waals surface area (Å²) in [6, 6.07) is -0.660. The summed E-state index contributed by atoms with van der Waals surface area (Å²) in [5.74, 6) is -0.614. The SMILES string of the molecule is CC(=O)OCC1=C(OC(=O)O)N2C(=O)[C@@H](N)[C@H]2SC1. The molecule has 2 atom stereocenters. The van der Waals surface area contributed by atoms with Gasteiger partial charge in [-0.15, -0.1) is 11.8 Å². The van der Waals surface area contributed by atoms with Gasteiger partial charge < -0.3 is 20.3 Å². The van der Waals surface area contributed by atoms with E-state index in [1.165, 1.54) is 23.6 Å². The maximum Gasteiger partial charge on any atom is 0.512 e. The summed E-state index contributed by atoms with van der Waals surface area (Å²) in [7, 11) is 0. The van der Waals surface area contributed by atoms with Crippen LogP contribution >= 0.6 is 11.8 Å². The van der Waals surface area contributed by atoms with Crippen molar-refractivity contribution in [1.29, 1.82) is 0 Å². The molecule has 0 aromatic carbocycles. The largest absolute Gasteiger partial charge is 0.512 e. The van der Waals surface area contributed by atoms with Gasteiger partial charge in [-0.25, -0.2) is 4.79 Å². The minimum atomic E-state index is -1.53. The van der Waals surface area contributed by atoms with E-state index in [9.17, 15) is 14.4 Å². The van der Waals surface area contributed by atoms with Crippen molar-refractivity contribution in [3.05, 3.63) is 11.5 Å². The Balaban J connectivity index is 2.23. The number of esters is 1. The summed E-state index contributed by atoms with van der Waals surface area (Å²) >= 11 is 1.37. The van der Waals surface area contributed by atoms with Crippen LogP contribution in [0.5, 0.6) is 0 Å². The lowest BCUT2D eigenvalue weighted by molar-refractivity contribution is -0.144. The highest BCUT2D eigenvalue weighted by molar-refractivity contribution is 8.00. The number of carboxylic acid groups (broad SMARTS) is 1. The third-order valence-corrected chi connectivity index (χ3v) is 4.03. The minimum Gasteiger partial charge on any atom is -0.461 e. The van der Waals surface area contributed by atoms with Gasteiger partial charge in [0.15, 0.2) is 0 Å². The molecule has 0 bridgehead atoms. The van der Waals surface area contributed by atoms with Crippen molar-refractivity contribution in [2.75, 3.05) is 12.4 Å². The molecule has 3 N–H and O–H groups in total. The summed E-state index contributed by atoms with van der Waals surface area (Å²) in [4.78, 5) is 34.3. The summed E-state index contributed by atoms with van der Waals surface area (Å²) in [5, 5.41) is 8.37. The average Bonchev–Trinajstić information content (AvgIpc) is 2.34. The normalized spacial score (nSPS) is 25.6. The average molecular weight is 288 g/mol. The van der Waals surface area contributed by atoms with Gasteiger partial charge in [-0.05, 0) is 0 Å². The van der Waals surface area contributed by atoms with Crippen LogP contribution in [0.2, 0.25) is 0 Å². The molecule has 0 radical (unpaired) electrons. The first-order chi connectivity index (χ1) is 8.91. The zero-order valence-electron chi connectivity index (χ0n) is 9.99.